The van der Waals surface area contributed by atoms with Gasteiger partial charge in [0.05, 0.1) is 0 Å². The fraction of sp³-hybridized carbons (Fsp3) is 0.929. The van der Waals surface area contributed by atoms with Crippen molar-refractivity contribution in [1.82, 2.24) is 0 Å². The van der Waals surface area contributed by atoms with Crippen LogP contribution >= 0.6 is 11.6 Å². The first kappa shape index (κ1) is 7.31. The second kappa shape index (κ2) is 0.610. The molecular formula is C14H17ClFeO. The molecule has 0 N–H and O–H groups in total. The van der Waals surface area contributed by atoms with Crippen molar-refractivity contribution in [2.75, 3.05) is 0 Å². The van der Waals surface area contributed by atoms with Crippen molar-refractivity contribution in [2.24, 2.45) is 0 Å². The van der Waals surface area contributed by atoms with Crippen LogP contribution in [0.1, 0.15) is 19.8 Å². The molecule has 10 heterocycles. The minimum absolute atomic E-state index is 0.238. The molecule has 1 nitrogen and oxygen atoms in total. The van der Waals surface area contributed by atoms with Gasteiger partial charge in [-0.05, 0) is 18.0 Å². The van der Waals surface area contributed by atoms with E-state index in [1.54, 1.807) is 48.2 Å². The molecule has 0 aliphatic carbocycles. The van der Waals surface area contributed by atoms with E-state index in [4.69, 9.17) is 11.6 Å². The quantitative estimate of drug-likeness (QED) is 0.521. The zero-order valence-corrected chi connectivity index (χ0v) is 11.7. The van der Waals surface area contributed by atoms with Gasteiger partial charge in [0.2, 0.25) is 5.24 Å². The second-order valence-electron chi connectivity index (χ2n) is 10.7. The first-order valence-electron chi connectivity index (χ1n) is 7.33. The number of hydrogen-bond donors (Lipinski definition) is 0. The maximum absolute atomic E-state index is 9.81. The van der Waals surface area contributed by atoms with Gasteiger partial charge in [0.1, 0.15) is 0 Å². The molecule has 0 unspecified atom stereocenters. The molecule has 94 valence electrons. The molecule has 0 bridgehead atoms. The number of fused-ring (bicyclic) bond motifs is 10. The molecule has 10 aliphatic rings. The van der Waals surface area contributed by atoms with E-state index in [1.165, 1.54) is 0 Å². The van der Waals surface area contributed by atoms with E-state index in [0.29, 0.717) is 6.42 Å². The van der Waals surface area contributed by atoms with Crippen LogP contribution in [0.5, 0.6) is 0 Å². The van der Waals surface area contributed by atoms with Gasteiger partial charge in [-0.25, -0.2) is 0 Å². The van der Waals surface area contributed by atoms with Gasteiger partial charge in [-0.2, -0.15) is 0 Å². The Hall–Kier alpha value is 0.479. The zero-order chi connectivity index (χ0) is 11.1. The van der Waals surface area contributed by atoms with Gasteiger partial charge in [0.25, 0.3) is 0 Å². The number of hydrogen-bond acceptors (Lipinski definition) is 1. The van der Waals surface area contributed by atoms with E-state index in [2.05, 4.69) is 0 Å². The molecule has 0 amide bonds. The van der Waals surface area contributed by atoms with Crippen molar-refractivity contribution in [2.45, 2.75) is 67.9 Å². The minimum atomic E-state index is -2.28. The van der Waals surface area contributed by atoms with Gasteiger partial charge in [0.15, 0.2) is 0 Å². The van der Waals surface area contributed by atoms with Crippen molar-refractivity contribution in [1.29, 1.82) is 0 Å². The first-order valence-corrected chi connectivity index (χ1v) is 14.1. The first-order chi connectivity index (χ1) is 7.93. The summed E-state index contributed by atoms with van der Waals surface area (Å²) in [7, 11) is 0. The average molecular weight is 293 g/mol. The van der Waals surface area contributed by atoms with E-state index in [0.717, 1.165) is 6.42 Å². The summed E-state index contributed by atoms with van der Waals surface area (Å²) in [4.78, 5) is 25.7. The molecule has 0 saturated carbocycles. The summed E-state index contributed by atoms with van der Waals surface area (Å²) in [6.45, 7) is -0.366. The summed E-state index contributed by atoms with van der Waals surface area (Å²) in [5.74, 6) is 0. The van der Waals surface area contributed by atoms with E-state index in [1.807, 2.05) is 6.92 Å². The van der Waals surface area contributed by atoms with Crippen LogP contribution in [0.25, 0.3) is 0 Å². The van der Waals surface area contributed by atoms with Crippen molar-refractivity contribution in [3.63, 3.8) is 0 Å². The number of carbonyl (C=O) groups is 1. The Bertz CT molecular complexity index is 704. The van der Waals surface area contributed by atoms with Gasteiger partial charge in [-0.15, -0.1) is 0 Å². The normalized spacial score (nSPS) is 114. The molecule has 10 rings (SSSR count). The van der Waals surface area contributed by atoms with Crippen molar-refractivity contribution in [3.05, 3.63) is 0 Å². The predicted octanol–water partition coefficient (Wildman–Crippen LogP) is 4.93. The Kier molecular flexibility index (Phi) is 0.262. The molecule has 10 saturated heterocycles. The Morgan fingerprint density at radius 3 is 1.18 bits per heavy atom. The van der Waals surface area contributed by atoms with Crippen LogP contribution in [0.15, 0.2) is 0 Å². The van der Waals surface area contributed by atoms with Crippen LogP contribution in [0.4, 0.5) is 0 Å². The monoisotopic (exact) mass is 292 g/mol. The van der Waals surface area contributed by atoms with Crippen molar-refractivity contribution in [3.8, 4) is 0 Å². The fourth-order valence-electron chi connectivity index (χ4n) is 16.0. The molecule has 0 radical (unpaired) electrons. The van der Waals surface area contributed by atoms with E-state index < -0.39 is 6.51 Å². The van der Waals surface area contributed by atoms with Crippen LogP contribution in [0.2, 0.25) is 48.2 Å². The number of carbonyl (C=O) groups excluding carboxylic acids is 1. The number of halogens is 1. The Balaban J connectivity index is 0.0000000947. The third-order valence-electron chi connectivity index (χ3n) is 15.0. The van der Waals surface area contributed by atoms with Gasteiger partial charge >= 0.3 is 54.7 Å². The Morgan fingerprint density at radius 2 is 1.18 bits per heavy atom. The summed E-state index contributed by atoms with van der Waals surface area (Å²) in [5.41, 5.74) is 0. The molecule has 0 aromatic carbocycles. The molecule has 10 fully saturated rings. The summed E-state index contributed by atoms with van der Waals surface area (Å²) in [5, 5.41) is -0.238. The summed E-state index contributed by atoms with van der Waals surface area (Å²) in [6, 6.07) is 0. The Labute approximate surface area is 95.9 Å². The topological polar surface area (TPSA) is 17.1 Å². The standard InChI is InChI=1S/2C5H5.C4H7ClO.Fe/c2*1-2-4-5-3-1;1-2-3-4(5)6;/h2*1-5H;2-3H2,1H3;. The van der Waals surface area contributed by atoms with Crippen LogP contribution in [-0.4, -0.2) is 5.24 Å². The zero-order valence-electron chi connectivity index (χ0n) is 9.83. The molecule has 0 atom stereocenters. The van der Waals surface area contributed by atoms with Crippen LogP contribution in [0.3, 0.4) is 0 Å². The third kappa shape index (κ3) is 0.0834. The predicted molar refractivity (Wildman–Crippen MR) is 63.3 cm³/mol. The van der Waals surface area contributed by atoms with Crippen molar-refractivity contribution < 1.29 is 11.3 Å². The molecule has 0 aromatic rings. The van der Waals surface area contributed by atoms with E-state index in [-0.39, 0.29) is 5.24 Å². The second-order valence-corrected chi connectivity index (χ2v) is 35.0. The van der Waals surface area contributed by atoms with Crippen LogP contribution in [-0.2, 0) is 11.3 Å². The Morgan fingerprint density at radius 1 is 0.882 bits per heavy atom. The molecule has 3 heteroatoms. The SMILES string of the molecule is CCCC(=O)Cl.[CH]12[CH]3[CH]4[CH]5[CH]1[Fe]23451678[CH]2[CH]1[CH]6[CH]7[CH]28. The van der Waals surface area contributed by atoms with Gasteiger partial charge in [0, 0.05) is 6.42 Å². The molecular weight excluding hydrogens is 275 g/mol. The molecule has 0 aromatic heterocycles. The van der Waals surface area contributed by atoms with Gasteiger partial charge < -0.3 is 0 Å². The number of rotatable bonds is 2. The fourth-order valence-corrected chi connectivity index (χ4v) is 88.4. The van der Waals surface area contributed by atoms with E-state index >= 15 is 0 Å². The molecule has 17 heavy (non-hydrogen) atoms. The van der Waals surface area contributed by atoms with Gasteiger partial charge in [-0.3, -0.25) is 4.79 Å². The van der Waals surface area contributed by atoms with E-state index in [9.17, 15) is 4.79 Å². The molecule has 1 spiro atoms. The average Bonchev–Trinajstić information content (AvgIpc) is 3.24. The summed E-state index contributed by atoms with van der Waals surface area (Å²) in [6.07, 6.45) is 1.35. The van der Waals surface area contributed by atoms with Crippen LogP contribution < -0.4 is 0 Å². The third-order valence-corrected chi connectivity index (χ3v) is 57.1. The summed E-state index contributed by atoms with van der Waals surface area (Å²) < 4.78 is 0. The van der Waals surface area contributed by atoms with Gasteiger partial charge in [-0.1, -0.05) is 6.92 Å². The van der Waals surface area contributed by atoms with Crippen molar-refractivity contribution >= 4 is 16.8 Å². The molecule has 10 aliphatic heterocycles. The summed E-state index contributed by atoms with van der Waals surface area (Å²) >= 11 is 4.94. The van der Waals surface area contributed by atoms with Crippen LogP contribution in [0, 0.1) is 0 Å². The maximum atomic E-state index is 9.81.